The van der Waals surface area contributed by atoms with Crippen molar-refractivity contribution in [3.05, 3.63) is 34.3 Å². The van der Waals surface area contributed by atoms with Gasteiger partial charge in [0.15, 0.2) is 0 Å². The molecular weight excluding hydrogens is 268 g/mol. The highest BCUT2D eigenvalue weighted by Gasteiger charge is 2.18. The van der Waals surface area contributed by atoms with Gasteiger partial charge in [-0.1, -0.05) is 22.4 Å². The Morgan fingerprint density at radius 2 is 1.75 bits per heavy atom. The summed E-state index contributed by atoms with van der Waals surface area (Å²) in [5, 5.41) is 0. The zero-order valence-electron chi connectivity index (χ0n) is 9.12. The number of halogens is 1. The Bertz CT molecular complexity index is 353. The predicted octanol–water partition coefficient (Wildman–Crippen LogP) is 3.94. The Labute approximate surface area is 104 Å². The van der Waals surface area contributed by atoms with Gasteiger partial charge in [0.1, 0.15) is 6.10 Å². The van der Waals surface area contributed by atoms with Crippen LogP contribution in [0.15, 0.2) is 28.7 Å². The zero-order chi connectivity index (χ0) is 11.4. The molecule has 1 aromatic carbocycles. The minimum Gasteiger partial charge on any atom is -0.459 e. The van der Waals surface area contributed by atoms with Gasteiger partial charge in [0, 0.05) is 4.47 Å². The Balaban J connectivity index is 1.94. The lowest BCUT2D eigenvalue weighted by Gasteiger charge is -2.21. The van der Waals surface area contributed by atoms with Gasteiger partial charge in [-0.05, 0) is 49.9 Å². The number of hydrogen-bond acceptors (Lipinski definition) is 2. The molecule has 2 nitrogen and oxygen atoms in total. The highest BCUT2D eigenvalue weighted by Crippen LogP contribution is 2.21. The van der Waals surface area contributed by atoms with Crippen LogP contribution in [0, 0.1) is 0 Å². The Kier molecular flexibility index (Phi) is 3.99. The van der Waals surface area contributed by atoms with Crippen molar-refractivity contribution >= 4 is 21.9 Å². The van der Waals surface area contributed by atoms with E-state index in [-0.39, 0.29) is 12.1 Å². The Morgan fingerprint density at radius 3 is 2.38 bits per heavy atom. The van der Waals surface area contributed by atoms with Crippen molar-refractivity contribution in [2.75, 3.05) is 0 Å². The third-order valence-electron chi connectivity index (χ3n) is 2.91. The molecule has 0 amide bonds. The second kappa shape index (κ2) is 5.48. The minimum absolute atomic E-state index is 0.130. The van der Waals surface area contributed by atoms with Crippen molar-refractivity contribution in [3.8, 4) is 0 Å². The number of benzene rings is 1. The van der Waals surface area contributed by atoms with E-state index in [1.165, 1.54) is 19.3 Å². The lowest BCUT2D eigenvalue weighted by Crippen LogP contribution is -2.20. The minimum atomic E-state index is -0.195. The second-order valence-corrected chi connectivity index (χ2v) is 5.09. The molecule has 1 aliphatic carbocycles. The number of hydrogen-bond donors (Lipinski definition) is 0. The van der Waals surface area contributed by atoms with Crippen LogP contribution in [-0.4, -0.2) is 12.1 Å². The third-order valence-corrected chi connectivity index (χ3v) is 3.43. The molecule has 0 spiro atoms. The largest absolute Gasteiger partial charge is 0.459 e. The summed E-state index contributed by atoms with van der Waals surface area (Å²) in [6.45, 7) is 0. The predicted molar refractivity (Wildman–Crippen MR) is 66.4 cm³/mol. The lowest BCUT2D eigenvalue weighted by molar-refractivity contribution is 0.0211. The van der Waals surface area contributed by atoms with Gasteiger partial charge in [-0.3, -0.25) is 0 Å². The fourth-order valence-electron chi connectivity index (χ4n) is 1.99. The first-order chi connectivity index (χ1) is 7.75. The topological polar surface area (TPSA) is 26.3 Å². The molecule has 1 saturated carbocycles. The van der Waals surface area contributed by atoms with Crippen molar-refractivity contribution in [1.82, 2.24) is 0 Å². The molecular formula is C13H15BrO2. The molecule has 0 unspecified atom stereocenters. The average Bonchev–Trinajstić information content (AvgIpc) is 2.31. The molecule has 0 heterocycles. The van der Waals surface area contributed by atoms with E-state index in [1.54, 1.807) is 12.1 Å². The maximum atomic E-state index is 11.8. The van der Waals surface area contributed by atoms with Crippen molar-refractivity contribution in [3.63, 3.8) is 0 Å². The molecule has 1 aliphatic rings. The standard InChI is InChI=1S/C13H15BrO2/c14-11-8-6-10(7-9-11)13(15)16-12-4-2-1-3-5-12/h6-9,12H,1-5H2. The van der Waals surface area contributed by atoms with Crippen LogP contribution in [0.2, 0.25) is 0 Å². The van der Waals surface area contributed by atoms with Crippen molar-refractivity contribution < 1.29 is 9.53 Å². The fourth-order valence-corrected chi connectivity index (χ4v) is 2.25. The number of carbonyl (C=O) groups is 1. The van der Waals surface area contributed by atoms with Crippen LogP contribution in [-0.2, 0) is 4.74 Å². The van der Waals surface area contributed by atoms with E-state index in [2.05, 4.69) is 15.9 Å². The molecule has 16 heavy (non-hydrogen) atoms. The van der Waals surface area contributed by atoms with Gasteiger partial charge in [-0.15, -0.1) is 0 Å². The number of carbonyl (C=O) groups excluding carboxylic acids is 1. The maximum absolute atomic E-state index is 11.8. The molecule has 1 fully saturated rings. The van der Waals surface area contributed by atoms with Crippen molar-refractivity contribution in [1.29, 1.82) is 0 Å². The van der Waals surface area contributed by atoms with Gasteiger partial charge in [0.25, 0.3) is 0 Å². The van der Waals surface area contributed by atoms with Crippen LogP contribution >= 0.6 is 15.9 Å². The van der Waals surface area contributed by atoms with E-state index in [4.69, 9.17) is 4.74 Å². The number of ether oxygens (including phenoxy) is 1. The molecule has 3 heteroatoms. The van der Waals surface area contributed by atoms with E-state index in [0.29, 0.717) is 5.56 Å². The van der Waals surface area contributed by atoms with Crippen LogP contribution < -0.4 is 0 Å². The Morgan fingerprint density at radius 1 is 1.12 bits per heavy atom. The van der Waals surface area contributed by atoms with Gasteiger partial charge in [0.2, 0.25) is 0 Å². The van der Waals surface area contributed by atoms with E-state index in [1.807, 2.05) is 12.1 Å². The average molecular weight is 283 g/mol. The SMILES string of the molecule is O=C(OC1CCCCC1)c1ccc(Br)cc1. The molecule has 0 saturated heterocycles. The summed E-state index contributed by atoms with van der Waals surface area (Å²) >= 11 is 3.34. The zero-order valence-corrected chi connectivity index (χ0v) is 10.7. The normalized spacial score (nSPS) is 17.1. The molecule has 2 rings (SSSR count). The van der Waals surface area contributed by atoms with E-state index in [0.717, 1.165) is 17.3 Å². The molecule has 0 radical (unpaired) electrons. The van der Waals surface area contributed by atoms with Gasteiger partial charge >= 0.3 is 5.97 Å². The molecule has 0 atom stereocenters. The van der Waals surface area contributed by atoms with Gasteiger partial charge < -0.3 is 4.74 Å². The van der Waals surface area contributed by atoms with Crippen LogP contribution in [0.5, 0.6) is 0 Å². The molecule has 0 aliphatic heterocycles. The van der Waals surface area contributed by atoms with Gasteiger partial charge in [0.05, 0.1) is 5.56 Å². The summed E-state index contributed by atoms with van der Waals surface area (Å²) in [6, 6.07) is 7.29. The monoisotopic (exact) mass is 282 g/mol. The summed E-state index contributed by atoms with van der Waals surface area (Å²) in [7, 11) is 0. The highest BCUT2D eigenvalue weighted by molar-refractivity contribution is 9.10. The van der Waals surface area contributed by atoms with Gasteiger partial charge in [-0.2, -0.15) is 0 Å². The van der Waals surface area contributed by atoms with Crippen molar-refractivity contribution in [2.24, 2.45) is 0 Å². The molecule has 86 valence electrons. The smallest absolute Gasteiger partial charge is 0.338 e. The van der Waals surface area contributed by atoms with Crippen molar-refractivity contribution in [2.45, 2.75) is 38.2 Å². The summed E-state index contributed by atoms with van der Waals surface area (Å²) in [4.78, 5) is 11.8. The van der Waals surface area contributed by atoms with Crippen LogP contribution in [0.25, 0.3) is 0 Å². The quantitative estimate of drug-likeness (QED) is 0.768. The molecule has 0 aromatic heterocycles. The fraction of sp³-hybridized carbons (Fsp3) is 0.462. The first-order valence-corrected chi connectivity index (χ1v) is 6.51. The summed E-state index contributed by atoms with van der Waals surface area (Å²) < 4.78 is 6.44. The Hall–Kier alpha value is -0.830. The third kappa shape index (κ3) is 3.08. The van der Waals surface area contributed by atoms with Gasteiger partial charge in [-0.25, -0.2) is 4.79 Å². The molecule has 0 N–H and O–H groups in total. The summed E-state index contributed by atoms with van der Waals surface area (Å²) in [6.07, 6.45) is 5.79. The first-order valence-electron chi connectivity index (χ1n) is 5.72. The van der Waals surface area contributed by atoms with E-state index in [9.17, 15) is 4.79 Å². The van der Waals surface area contributed by atoms with Crippen LogP contribution in [0.4, 0.5) is 0 Å². The van der Waals surface area contributed by atoms with E-state index < -0.39 is 0 Å². The first kappa shape index (κ1) is 11.6. The van der Waals surface area contributed by atoms with E-state index >= 15 is 0 Å². The lowest BCUT2D eigenvalue weighted by atomic mass is 9.98. The maximum Gasteiger partial charge on any atom is 0.338 e. The van der Waals surface area contributed by atoms with Crippen LogP contribution in [0.1, 0.15) is 42.5 Å². The number of rotatable bonds is 2. The summed E-state index contributed by atoms with van der Waals surface area (Å²) in [5.74, 6) is -0.195. The summed E-state index contributed by atoms with van der Waals surface area (Å²) in [5.41, 5.74) is 0.633. The van der Waals surface area contributed by atoms with Crippen LogP contribution in [0.3, 0.4) is 0 Å². The second-order valence-electron chi connectivity index (χ2n) is 4.17. The molecule has 1 aromatic rings. The molecule has 0 bridgehead atoms. The number of esters is 1. The highest BCUT2D eigenvalue weighted by atomic mass is 79.9.